The van der Waals surface area contributed by atoms with Crippen LogP contribution in [0.3, 0.4) is 0 Å². The Morgan fingerprint density at radius 3 is 2.53 bits per heavy atom. The van der Waals surface area contributed by atoms with Gasteiger partial charge in [-0.1, -0.05) is 61.0 Å². The van der Waals surface area contributed by atoms with Crippen LogP contribution in [0.2, 0.25) is 0 Å². The third-order valence-electron chi connectivity index (χ3n) is 6.15. The predicted octanol–water partition coefficient (Wildman–Crippen LogP) is 3.17. The first kappa shape index (κ1) is 24.5. The average molecular weight is 485 g/mol. The van der Waals surface area contributed by atoms with Crippen molar-refractivity contribution >= 4 is 10.0 Å². The summed E-state index contributed by atoms with van der Waals surface area (Å²) < 4.78 is 36.6. The zero-order valence-corrected chi connectivity index (χ0v) is 20.2. The number of aliphatic hydroxyl groups is 1. The lowest BCUT2D eigenvalue weighted by Gasteiger charge is -2.36. The summed E-state index contributed by atoms with van der Waals surface area (Å²) in [6.45, 7) is 2.53. The Morgan fingerprint density at radius 2 is 1.82 bits per heavy atom. The van der Waals surface area contributed by atoms with Crippen LogP contribution in [0.15, 0.2) is 65.7 Å². The van der Waals surface area contributed by atoms with Gasteiger partial charge in [-0.25, -0.2) is 13.1 Å². The fourth-order valence-electron chi connectivity index (χ4n) is 4.30. The van der Waals surface area contributed by atoms with E-state index in [1.165, 1.54) is 0 Å². The van der Waals surface area contributed by atoms with Crippen LogP contribution in [-0.2, 0) is 27.7 Å². The van der Waals surface area contributed by atoms with E-state index < -0.39 is 22.2 Å². The maximum Gasteiger partial charge on any atom is 0.240 e. The molecule has 3 aromatic rings. The smallest absolute Gasteiger partial charge is 0.240 e. The SMILES string of the molecule is CCCc1cn(CC[C@H]2CC[C@H](NS(=O)(=O)c3ccc(-c4ccccc4)cc3)[C@@H](CO)O2)nn1. The summed E-state index contributed by atoms with van der Waals surface area (Å²) in [4.78, 5) is 0.195. The second-order valence-electron chi connectivity index (χ2n) is 8.69. The molecule has 8 nitrogen and oxygen atoms in total. The Hall–Kier alpha value is -2.59. The molecular weight excluding hydrogens is 452 g/mol. The van der Waals surface area contributed by atoms with Crippen molar-refractivity contribution in [3.8, 4) is 11.1 Å². The van der Waals surface area contributed by atoms with Crippen LogP contribution in [0, 0.1) is 0 Å². The summed E-state index contributed by atoms with van der Waals surface area (Å²) in [5.41, 5.74) is 2.95. The van der Waals surface area contributed by atoms with Gasteiger partial charge in [-0.3, -0.25) is 4.68 Å². The molecule has 0 aliphatic carbocycles. The minimum Gasteiger partial charge on any atom is -0.394 e. The number of nitrogens with zero attached hydrogens (tertiary/aromatic N) is 3. The molecule has 34 heavy (non-hydrogen) atoms. The van der Waals surface area contributed by atoms with E-state index in [4.69, 9.17) is 4.74 Å². The molecule has 2 heterocycles. The highest BCUT2D eigenvalue weighted by Crippen LogP contribution is 2.25. The molecule has 182 valence electrons. The molecule has 1 aliphatic rings. The zero-order valence-electron chi connectivity index (χ0n) is 19.4. The first-order valence-corrected chi connectivity index (χ1v) is 13.3. The fourth-order valence-corrected chi connectivity index (χ4v) is 5.60. The molecule has 1 fully saturated rings. The van der Waals surface area contributed by atoms with Gasteiger partial charge >= 0.3 is 0 Å². The van der Waals surface area contributed by atoms with Crippen molar-refractivity contribution in [3.05, 3.63) is 66.5 Å². The van der Waals surface area contributed by atoms with Crippen molar-refractivity contribution in [2.75, 3.05) is 6.61 Å². The van der Waals surface area contributed by atoms with Crippen LogP contribution in [0.25, 0.3) is 11.1 Å². The minimum absolute atomic E-state index is 0.0677. The zero-order chi connectivity index (χ0) is 24.0. The maximum atomic E-state index is 13.0. The van der Waals surface area contributed by atoms with Gasteiger partial charge in [0.15, 0.2) is 0 Å². The molecule has 0 saturated carbocycles. The van der Waals surface area contributed by atoms with Crippen molar-refractivity contribution < 1.29 is 18.3 Å². The summed E-state index contributed by atoms with van der Waals surface area (Å²) in [5.74, 6) is 0. The lowest BCUT2D eigenvalue weighted by molar-refractivity contribution is -0.0891. The van der Waals surface area contributed by atoms with Gasteiger partial charge in [0, 0.05) is 12.7 Å². The van der Waals surface area contributed by atoms with E-state index in [0.29, 0.717) is 19.4 Å². The quantitative estimate of drug-likeness (QED) is 0.458. The Morgan fingerprint density at radius 1 is 1.09 bits per heavy atom. The van der Waals surface area contributed by atoms with Crippen LogP contribution >= 0.6 is 0 Å². The highest BCUT2D eigenvalue weighted by molar-refractivity contribution is 7.89. The molecule has 0 radical (unpaired) electrons. The van der Waals surface area contributed by atoms with Crippen molar-refractivity contribution in [1.29, 1.82) is 0 Å². The predicted molar refractivity (Wildman–Crippen MR) is 130 cm³/mol. The molecule has 0 unspecified atom stereocenters. The molecule has 1 aromatic heterocycles. The van der Waals surface area contributed by atoms with E-state index in [9.17, 15) is 13.5 Å². The van der Waals surface area contributed by atoms with Crippen molar-refractivity contribution in [3.63, 3.8) is 0 Å². The fraction of sp³-hybridized carbons (Fsp3) is 0.440. The van der Waals surface area contributed by atoms with Crippen LogP contribution in [0.5, 0.6) is 0 Å². The van der Waals surface area contributed by atoms with Crippen LogP contribution in [0.1, 0.15) is 38.3 Å². The number of hydrogen-bond donors (Lipinski definition) is 2. The second-order valence-corrected chi connectivity index (χ2v) is 10.4. The monoisotopic (exact) mass is 484 g/mol. The molecule has 2 aromatic carbocycles. The Labute approximate surface area is 201 Å². The summed E-state index contributed by atoms with van der Waals surface area (Å²) in [6.07, 6.45) is 5.25. The average Bonchev–Trinajstić information content (AvgIpc) is 3.31. The van der Waals surface area contributed by atoms with Gasteiger partial charge in [0.25, 0.3) is 0 Å². The molecule has 3 atom stereocenters. The normalized spacial score (nSPS) is 20.9. The highest BCUT2D eigenvalue weighted by atomic mass is 32.2. The first-order valence-electron chi connectivity index (χ1n) is 11.8. The van der Waals surface area contributed by atoms with Gasteiger partial charge in [0.05, 0.1) is 35.4 Å². The number of ether oxygens (including phenoxy) is 1. The summed E-state index contributed by atoms with van der Waals surface area (Å²) in [6, 6.07) is 16.1. The molecule has 0 bridgehead atoms. The van der Waals surface area contributed by atoms with Crippen molar-refractivity contribution in [2.24, 2.45) is 0 Å². The number of rotatable bonds is 10. The molecule has 1 saturated heterocycles. The van der Waals surface area contributed by atoms with Gasteiger partial charge in [-0.2, -0.15) is 0 Å². The van der Waals surface area contributed by atoms with Crippen LogP contribution in [-0.4, -0.2) is 53.4 Å². The Kier molecular flexibility index (Phi) is 8.10. The molecule has 4 rings (SSSR count). The molecule has 2 N–H and O–H groups in total. The van der Waals surface area contributed by atoms with Gasteiger partial charge in [-0.15, -0.1) is 5.10 Å². The van der Waals surface area contributed by atoms with E-state index in [-0.39, 0.29) is 17.6 Å². The number of aromatic nitrogens is 3. The third-order valence-corrected chi connectivity index (χ3v) is 7.65. The number of benzene rings is 2. The van der Waals surface area contributed by atoms with E-state index in [0.717, 1.165) is 36.1 Å². The Balaban J connectivity index is 1.34. The molecule has 9 heteroatoms. The van der Waals surface area contributed by atoms with E-state index in [1.54, 1.807) is 24.3 Å². The standard InChI is InChI=1S/C25H32N4O4S/c1-2-6-21-17-29(28-26-21)16-15-22-11-14-24(25(18-30)33-22)27-34(31,32)23-12-9-20(10-13-23)19-7-4-3-5-8-19/h3-5,7-10,12-13,17,22,24-25,27,30H,2,6,11,14-16,18H2,1H3/t22-,24+,25-/m1/s1. The number of aryl methyl sites for hydroxylation is 2. The number of nitrogens with one attached hydrogen (secondary N) is 1. The van der Waals surface area contributed by atoms with Crippen LogP contribution < -0.4 is 4.72 Å². The third kappa shape index (κ3) is 6.09. The lowest BCUT2D eigenvalue weighted by atomic mass is 9.98. The Bertz CT molecular complexity index is 1150. The number of aliphatic hydroxyl groups excluding tert-OH is 1. The summed E-state index contributed by atoms with van der Waals surface area (Å²) in [5, 5.41) is 18.2. The van der Waals surface area contributed by atoms with E-state index in [1.807, 2.05) is 41.2 Å². The largest absolute Gasteiger partial charge is 0.394 e. The number of sulfonamides is 1. The molecular formula is C25H32N4O4S. The van der Waals surface area contributed by atoms with Crippen LogP contribution in [0.4, 0.5) is 0 Å². The molecule has 1 aliphatic heterocycles. The maximum absolute atomic E-state index is 13.0. The molecule has 0 amide bonds. The van der Waals surface area contributed by atoms with E-state index >= 15 is 0 Å². The first-order chi connectivity index (χ1) is 16.5. The second kappa shape index (κ2) is 11.2. The van der Waals surface area contributed by atoms with Gasteiger partial charge in [0.2, 0.25) is 10.0 Å². The van der Waals surface area contributed by atoms with Gasteiger partial charge in [0.1, 0.15) is 0 Å². The van der Waals surface area contributed by atoms with Crippen molar-refractivity contribution in [1.82, 2.24) is 19.7 Å². The lowest BCUT2D eigenvalue weighted by Crippen LogP contribution is -2.50. The van der Waals surface area contributed by atoms with E-state index in [2.05, 4.69) is 22.0 Å². The summed E-state index contributed by atoms with van der Waals surface area (Å²) >= 11 is 0. The minimum atomic E-state index is -3.74. The van der Waals surface area contributed by atoms with Gasteiger partial charge in [-0.05, 0) is 48.9 Å². The van der Waals surface area contributed by atoms with Gasteiger partial charge < -0.3 is 9.84 Å². The topological polar surface area (TPSA) is 106 Å². The van der Waals surface area contributed by atoms with Crippen molar-refractivity contribution in [2.45, 2.75) is 68.7 Å². The molecule has 0 spiro atoms. The highest BCUT2D eigenvalue weighted by Gasteiger charge is 2.34. The number of hydrogen-bond acceptors (Lipinski definition) is 6. The summed E-state index contributed by atoms with van der Waals surface area (Å²) in [7, 11) is -3.74.